The summed E-state index contributed by atoms with van der Waals surface area (Å²) in [5, 5.41) is 11.7. The third-order valence-electron chi connectivity index (χ3n) is 2.91. The molecule has 21 heavy (non-hydrogen) atoms. The van der Waals surface area contributed by atoms with Gasteiger partial charge in [-0.25, -0.2) is 4.98 Å². The van der Waals surface area contributed by atoms with Crippen molar-refractivity contribution in [3.8, 4) is 11.6 Å². The number of pyridine rings is 1. The van der Waals surface area contributed by atoms with E-state index in [1.807, 2.05) is 30.3 Å². The Morgan fingerprint density at radius 1 is 1.10 bits per heavy atom. The van der Waals surface area contributed by atoms with Gasteiger partial charge in [0.05, 0.1) is 14.9 Å². The normalized spacial score (nSPS) is 10.5. The minimum atomic E-state index is -0.456. The summed E-state index contributed by atoms with van der Waals surface area (Å²) in [6.45, 7) is 0. The molecule has 104 valence electrons. The average molecular weight is 345 g/mol. The van der Waals surface area contributed by atoms with Crippen molar-refractivity contribution in [2.45, 2.75) is 0 Å². The zero-order chi connectivity index (χ0) is 14.8. The zero-order valence-electron chi connectivity index (χ0n) is 10.7. The number of aromatic nitrogens is 1. The highest BCUT2D eigenvalue weighted by molar-refractivity contribution is 9.10. The number of halogens is 1. The van der Waals surface area contributed by atoms with Crippen LogP contribution in [0.1, 0.15) is 0 Å². The number of hydrogen-bond acceptors (Lipinski definition) is 4. The van der Waals surface area contributed by atoms with Gasteiger partial charge in [-0.3, -0.25) is 10.1 Å². The van der Waals surface area contributed by atoms with Crippen molar-refractivity contribution in [3.05, 3.63) is 69.2 Å². The largest absolute Gasteiger partial charge is 0.438 e. The molecular weight excluding hydrogens is 336 g/mol. The van der Waals surface area contributed by atoms with Crippen LogP contribution < -0.4 is 4.74 Å². The molecule has 0 aliphatic rings. The number of non-ortho nitro benzene ring substituents is 1. The molecule has 0 radical (unpaired) electrons. The molecule has 0 fully saturated rings. The first-order valence-corrected chi connectivity index (χ1v) is 6.90. The third kappa shape index (κ3) is 2.85. The van der Waals surface area contributed by atoms with E-state index in [-0.39, 0.29) is 5.69 Å². The fraction of sp³-hybridized carbons (Fsp3) is 0. The van der Waals surface area contributed by atoms with Gasteiger partial charge in [-0.15, -0.1) is 0 Å². The molecule has 0 aliphatic heterocycles. The van der Waals surface area contributed by atoms with E-state index in [9.17, 15) is 10.1 Å². The number of rotatable bonds is 3. The van der Waals surface area contributed by atoms with Gasteiger partial charge < -0.3 is 4.74 Å². The minimum absolute atomic E-state index is 0.000644. The number of nitro benzene ring substituents is 1. The molecule has 0 aliphatic carbocycles. The van der Waals surface area contributed by atoms with Crippen LogP contribution in [-0.4, -0.2) is 9.91 Å². The van der Waals surface area contributed by atoms with E-state index < -0.39 is 4.92 Å². The summed E-state index contributed by atoms with van der Waals surface area (Å²) in [6.07, 6.45) is 0. The Morgan fingerprint density at radius 2 is 1.90 bits per heavy atom. The van der Waals surface area contributed by atoms with Gasteiger partial charge in [-0.05, 0) is 34.1 Å². The van der Waals surface area contributed by atoms with Crippen molar-refractivity contribution < 1.29 is 9.66 Å². The molecule has 0 unspecified atom stereocenters. The van der Waals surface area contributed by atoms with Gasteiger partial charge in [0.15, 0.2) is 0 Å². The van der Waals surface area contributed by atoms with E-state index in [4.69, 9.17) is 4.74 Å². The molecule has 0 atom stereocenters. The summed E-state index contributed by atoms with van der Waals surface area (Å²) < 4.78 is 6.18. The molecule has 2 aromatic carbocycles. The van der Waals surface area contributed by atoms with Crippen LogP contribution in [0.4, 0.5) is 5.69 Å². The predicted octanol–water partition coefficient (Wildman–Crippen LogP) is 4.70. The van der Waals surface area contributed by atoms with Crippen LogP contribution >= 0.6 is 15.9 Å². The Kier molecular flexibility index (Phi) is 3.53. The van der Waals surface area contributed by atoms with Gasteiger partial charge in [0.1, 0.15) is 5.75 Å². The van der Waals surface area contributed by atoms with Crippen molar-refractivity contribution >= 4 is 32.5 Å². The van der Waals surface area contributed by atoms with Crippen LogP contribution in [0.3, 0.4) is 0 Å². The molecule has 0 amide bonds. The maximum atomic E-state index is 10.7. The first kappa shape index (κ1) is 13.5. The summed E-state index contributed by atoms with van der Waals surface area (Å²) in [4.78, 5) is 14.6. The minimum Gasteiger partial charge on any atom is -0.438 e. The lowest BCUT2D eigenvalue weighted by Gasteiger charge is -2.07. The van der Waals surface area contributed by atoms with Crippen LogP contribution in [0.2, 0.25) is 0 Å². The molecule has 1 aromatic heterocycles. The second-order valence-corrected chi connectivity index (χ2v) is 5.17. The van der Waals surface area contributed by atoms with Gasteiger partial charge in [-0.1, -0.05) is 18.2 Å². The molecule has 6 heteroatoms. The summed E-state index contributed by atoms with van der Waals surface area (Å²) in [6, 6.07) is 15.7. The second kappa shape index (κ2) is 5.49. The lowest BCUT2D eigenvalue weighted by molar-refractivity contribution is -0.384. The number of nitro groups is 1. The number of ether oxygens (including phenoxy) is 1. The molecule has 0 spiro atoms. The fourth-order valence-corrected chi connectivity index (χ4v) is 2.35. The maximum absolute atomic E-state index is 10.7. The van der Waals surface area contributed by atoms with E-state index >= 15 is 0 Å². The summed E-state index contributed by atoms with van der Waals surface area (Å²) in [5.74, 6) is 0.909. The molecule has 5 nitrogen and oxygen atoms in total. The van der Waals surface area contributed by atoms with E-state index in [1.54, 1.807) is 12.1 Å². The van der Waals surface area contributed by atoms with E-state index in [2.05, 4.69) is 20.9 Å². The van der Waals surface area contributed by atoms with Gasteiger partial charge >= 0.3 is 0 Å². The Morgan fingerprint density at radius 3 is 2.67 bits per heavy atom. The molecule has 0 saturated carbocycles. The Bertz CT molecular complexity index is 836. The number of para-hydroxylation sites is 1. The molecule has 1 heterocycles. The van der Waals surface area contributed by atoms with Gasteiger partial charge in [-0.2, -0.15) is 0 Å². The molecule has 3 rings (SSSR count). The first-order valence-electron chi connectivity index (χ1n) is 6.11. The highest BCUT2D eigenvalue weighted by atomic mass is 79.9. The number of benzene rings is 2. The monoisotopic (exact) mass is 344 g/mol. The highest BCUT2D eigenvalue weighted by Gasteiger charge is 2.11. The second-order valence-electron chi connectivity index (χ2n) is 4.32. The Labute approximate surface area is 128 Å². The smallest absolute Gasteiger partial charge is 0.270 e. The quantitative estimate of drug-likeness (QED) is 0.510. The topological polar surface area (TPSA) is 65.3 Å². The van der Waals surface area contributed by atoms with Gasteiger partial charge in [0.25, 0.3) is 5.69 Å². The molecule has 0 N–H and O–H groups in total. The van der Waals surface area contributed by atoms with Gasteiger partial charge in [0.2, 0.25) is 5.88 Å². The maximum Gasteiger partial charge on any atom is 0.270 e. The summed E-state index contributed by atoms with van der Waals surface area (Å²) in [7, 11) is 0. The van der Waals surface area contributed by atoms with Crippen LogP contribution in [0.25, 0.3) is 10.9 Å². The number of hydrogen-bond donors (Lipinski definition) is 0. The van der Waals surface area contributed by atoms with E-state index in [0.717, 1.165) is 10.9 Å². The third-order valence-corrected chi connectivity index (χ3v) is 3.53. The van der Waals surface area contributed by atoms with Crippen LogP contribution in [-0.2, 0) is 0 Å². The predicted molar refractivity (Wildman–Crippen MR) is 82.6 cm³/mol. The van der Waals surface area contributed by atoms with E-state index in [0.29, 0.717) is 16.1 Å². The van der Waals surface area contributed by atoms with Crippen molar-refractivity contribution in [2.75, 3.05) is 0 Å². The summed E-state index contributed by atoms with van der Waals surface area (Å²) in [5.41, 5.74) is 0.828. The van der Waals surface area contributed by atoms with Crippen LogP contribution in [0, 0.1) is 10.1 Å². The summed E-state index contributed by atoms with van der Waals surface area (Å²) >= 11 is 3.27. The molecule has 3 aromatic rings. The molecular formula is C15H9BrN2O3. The van der Waals surface area contributed by atoms with Crippen molar-refractivity contribution in [2.24, 2.45) is 0 Å². The SMILES string of the molecule is O=[N+]([O-])c1ccc(Oc2ccc3ccccc3n2)c(Br)c1. The standard InChI is InChI=1S/C15H9BrN2O3/c16-12-9-11(18(19)20)6-7-14(12)21-15-8-5-10-3-1-2-4-13(10)17-15/h1-9H. The first-order chi connectivity index (χ1) is 10.1. The lowest BCUT2D eigenvalue weighted by atomic mass is 10.2. The number of fused-ring (bicyclic) bond motifs is 1. The average Bonchev–Trinajstić information content (AvgIpc) is 2.49. The lowest BCUT2D eigenvalue weighted by Crippen LogP contribution is -1.92. The Balaban J connectivity index is 1.93. The van der Waals surface area contributed by atoms with Crippen LogP contribution in [0.15, 0.2) is 59.1 Å². The molecule has 0 saturated heterocycles. The highest BCUT2D eigenvalue weighted by Crippen LogP contribution is 2.32. The van der Waals surface area contributed by atoms with Crippen molar-refractivity contribution in [1.29, 1.82) is 0 Å². The zero-order valence-corrected chi connectivity index (χ0v) is 12.3. The molecule has 0 bridgehead atoms. The Hall–Kier alpha value is -2.47. The van der Waals surface area contributed by atoms with Crippen molar-refractivity contribution in [3.63, 3.8) is 0 Å². The van der Waals surface area contributed by atoms with Crippen molar-refractivity contribution in [1.82, 2.24) is 4.98 Å². The fourth-order valence-electron chi connectivity index (χ4n) is 1.90. The van der Waals surface area contributed by atoms with Gasteiger partial charge in [0, 0.05) is 23.6 Å². The number of nitrogens with zero attached hydrogens (tertiary/aromatic N) is 2. The van der Waals surface area contributed by atoms with E-state index in [1.165, 1.54) is 12.1 Å². The van der Waals surface area contributed by atoms with Crippen LogP contribution in [0.5, 0.6) is 11.6 Å².